The van der Waals surface area contributed by atoms with Crippen molar-refractivity contribution < 1.29 is 5.11 Å². The zero-order valence-electron chi connectivity index (χ0n) is 9.55. The van der Waals surface area contributed by atoms with Gasteiger partial charge in [-0.3, -0.25) is 0 Å². The molecule has 1 N–H and O–H groups in total. The van der Waals surface area contributed by atoms with E-state index in [1.165, 1.54) is 11.3 Å². The summed E-state index contributed by atoms with van der Waals surface area (Å²) in [6.45, 7) is 1.96. The molecule has 88 valence electrons. The molecule has 1 aliphatic rings. The third-order valence-electron chi connectivity index (χ3n) is 2.89. The van der Waals surface area contributed by atoms with E-state index in [1.54, 1.807) is 12.4 Å². The lowest BCUT2D eigenvalue weighted by Crippen LogP contribution is -2.06. The molecule has 0 aliphatic heterocycles. The Labute approximate surface area is 103 Å². The van der Waals surface area contributed by atoms with Gasteiger partial charge in [-0.2, -0.15) is 0 Å². The number of hydrogen-bond donors (Lipinski definition) is 1. The van der Waals surface area contributed by atoms with Gasteiger partial charge in [0.15, 0.2) is 10.8 Å². The topological polar surface area (TPSA) is 58.9 Å². The van der Waals surface area contributed by atoms with Crippen LogP contribution in [0.4, 0.5) is 0 Å². The van der Waals surface area contributed by atoms with Crippen LogP contribution in [0.2, 0.25) is 0 Å². The Morgan fingerprint density at radius 1 is 1.35 bits per heavy atom. The molecular formula is C12H13N3OS. The summed E-state index contributed by atoms with van der Waals surface area (Å²) in [7, 11) is 0. The lowest BCUT2D eigenvalue weighted by molar-refractivity contribution is 0.160. The van der Waals surface area contributed by atoms with E-state index < -0.39 is 0 Å². The van der Waals surface area contributed by atoms with Crippen molar-refractivity contribution in [1.82, 2.24) is 15.0 Å². The predicted octanol–water partition coefficient (Wildman–Crippen LogP) is 2.28. The lowest BCUT2D eigenvalue weighted by atomic mass is 10.0. The second-order valence-electron chi connectivity index (χ2n) is 4.32. The highest BCUT2D eigenvalue weighted by molar-refractivity contribution is 7.15. The maximum Gasteiger partial charge on any atom is 0.188 e. The van der Waals surface area contributed by atoms with Crippen molar-refractivity contribution in [2.45, 2.75) is 32.3 Å². The molecule has 1 aliphatic carbocycles. The molecule has 0 saturated heterocycles. The second kappa shape index (κ2) is 4.16. The molecule has 0 bridgehead atoms. The zero-order chi connectivity index (χ0) is 11.8. The number of fused-ring (bicyclic) bond motifs is 1. The first kappa shape index (κ1) is 10.8. The van der Waals surface area contributed by atoms with Crippen LogP contribution < -0.4 is 0 Å². The lowest BCUT2D eigenvalue weighted by Gasteiger charge is -2.14. The molecule has 1 unspecified atom stereocenters. The van der Waals surface area contributed by atoms with Crippen molar-refractivity contribution in [2.75, 3.05) is 0 Å². The van der Waals surface area contributed by atoms with Crippen LogP contribution in [-0.4, -0.2) is 20.1 Å². The van der Waals surface area contributed by atoms with Gasteiger partial charge >= 0.3 is 0 Å². The first-order valence-corrected chi connectivity index (χ1v) is 6.52. The van der Waals surface area contributed by atoms with Crippen LogP contribution in [0.15, 0.2) is 12.4 Å². The normalized spacial score (nSPS) is 19.1. The van der Waals surface area contributed by atoms with Crippen molar-refractivity contribution in [3.63, 3.8) is 0 Å². The highest BCUT2D eigenvalue weighted by Crippen LogP contribution is 2.36. The van der Waals surface area contributed by atoms with Crippen LogP contribution >= 0.6 is 11.3 Å². The monoisotopic (exact) mass is 247 g/mol. The van der Waals surface area contributed by atoms with Gasteiger partial charge < -0.3 is 5.11 Å². The third-order valence-corrected chi connectivity index (χ3v) is 4.09. The maximum atomic E-state index is 9.90. The number of hydrogen-bond acceptors (Lipinski definition) is 5. The molecule has 2 aromatic rings. The molecule has 0 saturated carbocycles. The number of aromatic nitrogens is 3. The van der Waals surface area contributed by atoms with Crippen LogP contribution in [0.25, 0.3) is 10.8 Å². The van der Waals surface area contributed by atoms with Crippen molar-refractivity contribution in [3.05, 3.63) is 28.5 Å². The molecule has 2 aromatic heterocycles. The van der Waals surface area contributed by atoms with Crippen LogP contribution in [0.5, 0.6) is 0 Å². The molecule has 0 radical (unpaired) electrons. The maximum absolute atomic E-state index is 9.90. The van der Waals surface area contributed by atoms with Gasteiger partial charge in [0, 0.05) is 12.4 Å². The molecule has 5 heteroatoms. The van der Waals surface area contributed by atoms with Crippen LogP contribution in [0.1, 0.15) is 35.1 Å². The molecule has 3 rings (SSSR count). The van der Waals surface area contributed by atoms with E-state index in [0.29, 0.717) is 5.82 Å². The number of aliphatic hydroxyl groups excluding tert-OH is 1. The average molecular weight is 247 g/mol. The summed E-state index contributed by atoms with van der Waals surface area (Å²) in [5, 5.41) is 10.7. The molecule has 0 spiro atoms. The SMILES string of the molecule is Cc1cnc(-c2nc3c(s2)C(O)CCC3)nc1. The highest BCUT2D eigenvalue weighted by Gasteiger charge is 2.23. The summed E-state index contributed by atoms with van der Waals surface area (Å²) >= 11 is 1.52. The minimum atomic E-state index is -0.351. The van der Waals surface area contributed by atoms with E-state index in [-0.39, 0.29) is 6.10 Å². The number of aryl methyl sites for hydroxylation is 2. The minimum absolute atomic E-state index is 0.351. The van der Waals surface area contributed by atoms with Gasteiger partial charge in [-0.05, 0) is 31.7 Å². The summed E-state index contributed by atoms with van der Waals surface area (Å²) in [4.78, 5) is 14.1. The van der Waals surface area contributed by atoms with Gasteiger partial charge in [-0.15, -0.1) is 11.3 Å². The molecule has 4 nitrogen and oxygen atoms in total. The summed E-state index contributed by atoms with van der Waals surface area (Å²) in [5.41, 5.74) is 2.06. The summed E-state index contributed by atoms with van der Waals surface area (Å²) in [5.74, 6) is 0.655. The van der Waals surface area contributed by atoms with Crippen molar-refractivity contribution in [1.29, 1.82) is 0 Å². The van der Waals surface area contributed by atoms with Crippen molar-refractivity contribution >= 4 is 11.3 Å². The van der Waals surface area contributed by atoms with E-state index in [0.717, 1.165) is 40.4 Å². The third kappa shape index (κ3) is 1.96. The number of aliphatic hydroxyl groups is 1. The van der Waals surface area contributed by atoms with Gasteiger partial charge in [0.05, 0.1) is 16.7 Å². The van der Waals surface area contributed by atoms with Gasteiger partial charge in [-0.1, -0.05) is 0 Å². The number of rotatable bonds is 1. The predicted molar refractivity (Wildman–Crippen MR) is 65.8 cm³/mol. The Balaban J connectivity index is 2.02. The Morgan fingerprint density at radius 2 is 2.12 bits per heavy atom. The molecule has 0 aromatic carbocycles. The van der Waals surface area contributed by atoms with Crippen molar-refractivity contribution in [3.8, 4) is 10.8 Å². The Bertz CT molecular complexity index is 535. The Kier molecular flexibility index (Phi) is 2.64. The van der Waals surface area contributed by atoms with E-state index >= 15 is 0 Å². The minimum Gasteiger partial charge on any atom is -0.388 e. The number of nitrogens with zero attached hydrogens (tertiary/aromatic N) is 3. The molecule has 0 fully saturated rings. The van der Waals surface area contributed by atoms with Crippen LogP contribution in [0, 0.1) is 6.92 Å². The molecular weight excluding hydrogens is 234 g/mol. The summed E-state index contributed by atoms with van der Waals surface area (Å²) < 4.78 is 0. The van der Waals surface area contributed by atoms with Gasteiger partial charge in [-0.25, -0.2) is 15.0 Å². The highest BCUT2D eigenvalue weighted by atomic mass is 32.1. The first-order chi connectivity index (χ1) is 8.24. The fraction of sp³-hybridized carbons (Fsp3) is 0.417. The van der Waals surface area contributed by atoms with E-state index in [4.69, 9.17) is 0 Å². The molecule has 0 amide bonds. The van der Waals surface area contributed by atoms with Crippen LogP contribution in [0.3, 0.4) is 0 Å². The standard InChI is InChI=1S/C12H13N3OS/c1-7-5-13-11(14-6-7)12-15-8-3-2-4-9(16)10(8)17-12/h5-6,9,16H,2-4H2,1H3. The van der Waals surface area contributed by atoms with Gasteiger partial charge in [0.25, 0.3) is 0 Å². The fourth-order valence-electron chi connectivity index (χ4n) is 2.00. The second-order valence-corrected chi connectivity index (χ2v) is 5.35. The molecule has 2 heterocycles. The van der Waals surface area contributed by atoms with E-state index in [2.05, 4.69) is 15.0 Å². The average Bonchev–Trinajstić information content (AvgIpc) is 2.75. The zero-order valence-corrected chi connectivity index (χ0v) is 10.4. The largest absolute Gasteiger partial charge is 0.388 e. The molecule has 17 heavy (non-hydrogen) atoms. The smallest absolute Gasteiger partial charge is 0.188 e. The quantitative estimate of drug-likeness (QED) is 0.840. The molecule has 1 atom stereocenters. The number of thiazole rings is 1. The van der Waals surface area contributed by atoms with E-state index in [1.807, 2.05) is 6.92 Å². The Morgan fingerprint density at radius 3 is 2.82 bits per heavy atom. The van der Waals surface area contributed by atoms with Crippen LogP contribution in [-0.2, 0) is 6.42 Å². The Hall–Kier alpha value is -1.33. The summed E-state index contributed by atoms with van der Waals surface area (Å²) in [6.07, 6.45) is 6.03. The summed E-state index contributed by atoms with van der Waals surface area (Å²) in [6, 6.07) is 0. The van der Waals surface area contributed by atoms with Gasteiger partial charge in [0.1, 0.15) is 0 Å². The van der Waals surface area contributed by atoms with Crippen molar-refractivity contribution in [2.24, 2.45) is 0 Å². The van der Waals surface area contributed by atoms with Gasteiger partial charge in [0.2, 0.25) is 0 Å². The van der Waals surface area contributed by atoms with E-state index in [9.17, 15) is 5.11 Å². The fourth-order valence-corrected chi connectivity index (χ4v) is 3.08. The first-order valence-electron chi connectivity index (χ1n) is 5.71.